The lowest BCUT2D eigenvalue weighted by molar-refractivity contribution is 0.0315. The van der Waals surface area contributed by atoms with E-state index in [1.54, 1.807) is 12.1 Å². The third-order valence-electron chi connectivity index (χ3n) is 4.88. The van der Waals surface area contributed by atoms with Crippen LogP contribution >= 0.6 is 0 Å². The van der Waals surface area contributed by atoms with Crippen LogP contribution in [0, 0.1) is 5.92 Å². The lowest BCUT2D eigenvalue weighted by atomic mass is 9.84. The Morgan fingerprint density at radius 2 is 2.05 bits per heavy atom. The molecule has 3 rings (SSSR count). The van der Waals surface area contributed by atoms with Crippen molar-refractivity contribution in [2.24, 2.45) is 5.92 Å². The number of amides is 1. The maximum Gasteiger partial charge on any atom is 0.257 e. The second-order valence-corrected chi connectivity index (χ2v) is 6.16. The first kappa shape index (κ1) is 14.2. The van der Waals surface area contributed by atoms with Crippen molar-refractivity contribution in [3.05, 3.63) is 23.8 Å². The normalized spacial score (nSPS) is 26.4. The number of nitrogens with zero attached hydrogens (tertiary/aromatic N) is 2. The van der Waals surface area contributed by atoms with Crippen LogP contribution in [0.2, 0.25) is 0 Å². The largest absolute Gasteiger partial charge is 0.504 e. The van der Waals surface area contributed by atoms with Crippen molar-refractivity contribution < 1.29 is 15.0 Å². The van der Waals surface area contributed by atoms with E-state index in [1.807, 2.05) is 4.90 Å². The van der Waals surface area contributed by atoms with Gasteiger partial charge in [-0.3, -0.25) is 4.79 Å². The molecule has 2 aliphatic rings. The number of rotatable bonds is 1. The molecule has 2 unspecified atom stereocenters. The highest BCUT2D eigenvalue weighted by Gasteiger charge is 2.36. The Bertz CT molecular complexity index is 546. The van der Waals surface area contributed by atoms with Crippen LogP contribution in [-0.4, -0.2) is 58.6 Å². The van der Waals surface area contributed by atoms with E-state index in [9.17, 15) is 15.0 Å². The van der Waals surface area contributed by atoms with E-state index in [2.05, 4.69) is 11.9 Å². The van der Waals surface area contributed by atoms with Crippen LogP contribution in [0.25, 0.3) is 0 Å². The molecule has 5 heteroatoms. The van der Waals surface area contributed by atoms with Gasteiger partial charge in [0.05, 0.1) is 5.56 Å². The van der Waals surface area contributed by atoms with Gasteiger partial charge in [-0.15, -0.1) is 0 Å². The fourth-order valence-corrected chi connectivity index (χ4v) is 3.71. The SMILES string of the molecule is CN1CCCC2CN(C(=O)c3cccc(O)c3O)CCC21. The lowest BCUT2D eigenvalue weighted by Crippen LogP contribution is -2.53. The van der Waals surface area contributed by atoms with Crippen LogP contribution in [0.1, 0.15) is 29.6 Å². The Balaban J connectivity index is 1.76. The van der Waals surface area contributed by atoms with Gasteiger partial charge in [0.25, 0.3) is 5.91 Å². The van der Waals surface area contributed by atoms with Gasteiger partial charge in [0, 0.05) is 19.1 Å². The first-order valence-electron chi connectivity index (χ1n) is 7.58. The van der Waals surface area contributed by atoms with Crippen molar-refractivity contribution in [2.45, 2.75) is 25.3 Å². The monoisotopic (exact) mass is 290 g/mol. The molecule has 2 heterocycles. The number of likely N-dealkylation sites (tertiary alicyclic amines) is 2. The van der Waals surface area contributed by atoms with Crippen LogP contribution in [0.4, 0.5) is 0 Å². The summed E-state index contributed by atoms with van der Waals surface area (Å²) < 4.78 is 0. The minimum absolute atomic E-state index is 0.185. The number of carbonyl (C=O) groups excluding carboxylic acids is 1. The molecule has 5 nitrogen and oxygen atoms in total. The maximum atomic E-state index is 12.6. The molecule has 0 spiro atoms. The average Bonchev–Trinajstić information content (AvgIpc) is 2.49. The van der Waals surface area contributed by atoms with E-state index in [1.165, 1.54) is 12.5 Å². The molecule has 2 aliphatic heterocycles. The van der Waals surface area contributed by atoms with Gasteiger partial charge in [0.2, 0.25) is 0 Å². The second kappa shape index (κ2) is 5.56. The minimum Gasteiger partial charge on any atom is -0.504 e. The molecule has 2 N–H and O–H groups in total. The third kappa shape index (κ3) is 2.58. The summed E-state index contributed by atoms with van der Waals surface area (Å²) in [5.41, 5.74) is 0.192. The van der Waals surface area contributed by atoms with E-state index in [4.69, 9.17) is 0 Å². The Labute approximate surface area is 124 Å². The molecule has 21 heavy (non-hydrogen) atoms. The van der Waals surface area contributed by atoms with Crippen LogP contribution in [0.15, 0.2) is 18.2 Å². The lowest BCUT2D eigenvalue weighted by Gasteiger charge is -2.46. The summed E-state index contributed by atoms with van der Waals surface area (Å²) >= 11 is 0. The smallest absolute Gasteiger partial charge is 0.257 e. The third-order valence-corrected chi connectivity index (χ3v) is 4.88. The van der Waals surface area contributed by atoms with Crippen LogP contribution in [0.3, 0.4) is 0 Å². The van der Waals surface area contributed by atoms with E-state index in [0.717, 1.165) is 25.9 Å². The first-order valence-corrected chi connectivity index (χ1v) is 7.58. The molecule has 0 radical (unpaired) electrons. The number of benzene rings is 1. The number of hydrogen-bond acceptors (Lipinski definition) is 4. The molecule has 1 amide bonds. The van der Waals surface area contributed by atoms with Crippen molar-refractivity contribution in [1.82, 2.24) is 9.80 Å². The Morgan fingerprint density at radius 1 is 1.24 bits per heavy atom. The molecule has 0 aromatic heterocycles. The summed E-state index contributed by atoms with van der Waals surface area (Å²) in [4.78, 5) is 16.8. The Morgan fingerprint density at radius 3 is 2.86 bits per heavy atom. The van der Waals surface area contributed by atoms with Crippen LogP contribution in [-0.2, 0) is 0 Å². The molecule has 2 fully saturated rings. The highest BCUT2D eigenvalue weighted by molar-refractivity contribution is 5.97. The molecule has 0 bridgehead atoms. The number of piperidine rings is 2. The molecule has 2 atom stereocenters. The predicted molar refractivity (Wildman–Crippen MR) is 79.4 cm³/mol. The number of fused-ring (bicyclic) bond motifs is 1. The highest BCUT2D eigenvalue weighted by Crippen LogP contribution is 2.33. The molecule has 2 saturated heterocycles. The number of carbonyl (C=O) groups is 1. The summed E-state index contributed by atoms with van der Waals surface area (Å²) in [5.74, 6) is -0.227. The van der Waals surface area contributed by atoms with Gasteiger partial charge in [-0.2, -0.15) is 0 Å². The van der Waals surface area contributed by atoms with E-state index >= 15 is 0 Å². The minimum atomic E-state index is -0.314. The Hall–Kier alpha value is -1.75. The van der Waals surface area contributed by atoms with E-state index in [-0.39, 0.29) is 23.0 Å². The van der Waals surface area contributed by atoms with Gasteiger partial charge in [0.1, 0.15) is 0 Å². The van der Waals surface area contributed by atoms with Crippen molar-refractivity contribution in [3.8, 4) is 11.5 Å². The molecule has 1 aromatic carbocycles. The Kier molecular flexibility index (Phi) is 3.76. The first-order chi connectivity index (χ1) is 10.1. The topological polar surface area (TPSA) is 64.0 Å². The van der Waals surface area contributed by atoms with E-state index in [0.29, 0.717) is 18.5 Å². The number of phenols is 2. The van der Waals surface area contributed by atoms with Crippen molar-refractivity contribution in [3.63, 3.8) is 0 Å². The van der Waals surface area contributed by atoms with Crippen LogP contribution < -0.4 is 0 Å². The number of para-hydroxylation sites is 1. The van der Waals surface area contributed by atoms with Crippen LogP contribution in [0.5, 0.6) is 11.5 Å². The van der Waals surface area contributed by atoms with Gasteiger partial charge in [-0.05, 0) is 50.9 Å². The van der Waals surface area contributed by atoms with Gasteiger partial charge < -0.3 is 20.0 Å². The maximum absolute atomic E-state index is 12.6. The van der Waals surface area contributed by atoms with Crippen molar-refractivity contribution >= 4 is 5.91 Å². The summed E-state index contributed by atoms with van der Waals surface area (Å²) in [6, 6.07) is 5.11. The van der Waals surface area contributed by atoms with Gasteiger partial charge in [-0.25, -0.2) is 0 Å². The average molecular weight is 290 g/mol. The zero-order valence-electron chi connectivity index (χ0n) is 12.3. The van der Waals surface area contributed by atoms with Gasteiger partial charge >= 0.3 is 0 Å². The number of phenolic OH excluding ortho intramolecular Hbond substituents is 2. The molecule has 0 saturated carbocycles. The van der Waals surface area contributed by atoms with Gasteiger partial charge in [0.15, 0.2) is 11.5 Å². The molecule has 114 valence electrons. The number of aromatic hydroxyl groups is 2. The quantitative estimate of drug-likeness (QED) is 0.772. The molecular weight excluding hydrogens is 268 g/mol. The highest BCUT2D eigenvalue weighted by atomic mass is 16.3. The molecular formula is C16H22N2O3. The summed E-state index contributed by atoms with van der Waals surface area (Å²) in [7, 11) is 2.16. The zero-order chi connectivity index (χ0) is 15.0. The standard InChI is InChI=1S/C16H22N2O3/c1-17-8-3-4-11-10-18(9-7-13(11)17)16(21)12-5-2-6-14(19)15(12)20/h2,5-6,11,13,19-20H,3-4,7-10H2,1H3. The summed E-state index contributed by atoms with van der Waals surface area (Å²) in [6.45, 7) is 2.59. The van der Waals surface area contributed by atoms with E-state index < -0.39 is 0 Å². The second-order valence-electron chi connectivity index (χ2n) is 6.16. The molecule has 1 aromatic rings. The summed E-state index contributed by atoms with van der Waals surface area (Å²) in [5, 5.41) is 19.4. The van der Waals surface area contributed by atoms with Crippen molar-refractivity contribution in [2.75, 3.05) is 26.7 Å². The molecule has 0 aliphatic carbocycles. The van der Waals surface area contributed by atoms with Crippen molar-refractivity contribution in [1.29, 1.82) is 0 Å². The fraction of sp³-hybridized carbons (Fsp3) is 0.562. The predicted octanol–water partition coefficient (Wildman–Crippen LogP) is 1.65. The zero-order valence-corrected chi connectivity index (χ0v) is 12.3. The number of hydrogen-bond donors (Lipinski definition) is 2. The summed E-state index contributed by atoms with van der Waals surface area (Å²) in [6.07, 6.45) is 3.31. The fourth-order valence-electron chi connectivity index (χ4n) is 3.71. The van der Waals surface area contributed by atoms with Gasteiger partial charge in [-0.1, -0.05) is 6.07 Å².